The van der Waals surface area contributed by atoms with Gasteiger partial charge < -0.3 is 11.1 Å². The molecule has 2 aromatic carbocycles. The fourth-order valence-corrected chi connectivity index (χ4v) is 2.56. The Balaban J connectivity index is 2.33. The van der Waals surface area contributed by atoms with Crippen LogP contribution in [0.25, 0.3) is 0 Å². The van der Waals surface area contributed by atoms with Gasteiger partial charge in [0, 0.05) is 20.7 Å². The summed E-state index contributed by atoms with van der Waals surface area (Å²) in [5, 5.41) is 3.41. The number of nitrogen functional groups attached to an aromatic ring is 1. The van der Waals surface area contributed by atoms with Gasteiger partial charge in [-0.1, -0.05) is 17.7 Å². The number of aryl methyl sites for hydroxylation is 1. The molecule has 0 radical (unpaired) electrons. The van der Waals surface area contributed by atoms with Crippen LogP contribution >= 0.6 is 27.5 Å². The molecule has 0 spiro atoms. The normalized spacial score (nSPS) is 10.4. The van der Waals surface area contributed by atoms with Crippen molar-refractivity contribution in [1.82, 2.24) is 0 Å². The quantitative estimate of drug-likeness (QED) is 0.778. The number of hydrogen-bond donors (Lipinski definition) is 2. The number of rotatable bonds is 2. The molecule has 0 heterocycles. The van der Waals surface area contributed by atoms with Crippen LogP contribution < -0.4 is 11.1 Å². The van der Waals surface area contributed by atoms with Gasteiger partial charge in [-0.3, -0.25) is 4.79 Å². The van der Waals surface area contributed by atoms with Crippen molar-refractivity contribution >= 4 is 44.8 Å². The summed E-state index contributed by atoms with van der Waals surface area (Å²) in [5.41, 5.74) is 9.38. The highest BCUT2D eigenvalue weighted by atomic mass is 79.9. The number of carbonyl (C=O) groups excluding carboxylic acids is 1. The Labute approximate surface area is 131 Å². The van der Waals surface area contributed by atoms with Gasteiger partial charge in [-0.25, -0.2) is 0 Å². The van der Waals surface area contributed by atoms with E-state index in [9.17, 15) is 4.79 Å². The molecular formula is C15H14BrClN2O. The fourth-order valence-electron chi connectivity index (χ4n) is 1.83. The maximum absolute atomic E-state index is 12.3. The van der Waals surface area contributed by atoms with Crippen LogP contribution in [0.15, 0.2) is 34.8 Å². The van der Waals surface area contributed by atoms with E-state index in [-0.39, 0.29) is 5.91 Å². The monoisotopic (exact) mass is 352 g/mol. The Morgan fingerprint density at radius 2 is 2.00 bits per heavy atom. The molecule has 0 aliphatic rings. The highest BCUT2D eigenvalue weighted by molar-refractivity contribution is 9.10. The molecule has 0 saturated heterocycles. The van der Waals surface area contributed by atoms with Crippen molar-refractivity contribution in [3.8, 4) is 0 Å². The number of nitrogens with two attached hydrogens (primary N) is 1. The highest BCUT2D eigenvalue weighted by Gasteiger charge is 2.13. The van der Waals surface area contributed by atoms with Crippen molar-refractivity contribution < 1.29 is 4.79 Å². The molecule has 1 amide bonds. The molecule has 2 aromatic rings. The number of benzene rings is 2. The Hall–Kier alpha value is -1.52. The van der Waals surface area contributed by atoms with Crippen molar-refractivity contribution in [2.45, 2.75) is 13.8 Å². The average molecular weight is 354 g/mol. The third-order valence-corrected chi connectivity index (χ3v) is 4.18. The van der Waals surface area contributed by atoms with E-state index < -0.39 is 0 Å². The third-order valence-electron chi connectivity index (χ3n) is 3.12. The van der Waals surface area contributed by atoms with E-state index in [1.54, 1.807) is 24.3 Å². The van der Waals surface area contributed by atoms with Crippen molar-refractivity contribution in [3.63, 3.8) is 0 Å². The molecule has 0 unspecified atom stereocenters. The fraction of sp³-hybridized carbons (Fsp3) is 0.133. The molecule has 2 rings (SSSR count). The summed E-state index contributed by atoms with van der Waals surface area (Å²) in [5.74, 6) is -0.214. The van der Waals surface area contributed by atoms with Gasteiger partial charge in [-0.15, -0.1) is 0 Å². The minimum atomic E-state index is -0.214. The van der Waals surface area contributed by atoms with Crippen molar-refractivity contribution in [2.24, 2.45) is 0 Å². The first-order chi connectivity index (χ1) is 9.40. The summed E-state index contributed by atoms with van der Waals surface area (Å²) in [4.78, 5) is 12.3. The van der Waals surface area contributed by atoms with Crippen LogP contribution in [0.5, 0.6) is 0 Å². The first kappa shape index (κ1) is 14.9. The summed E-state index contributed by atoms with van der Waals surface area (Å²) >= 11 is 9.45. The summed E-state index contributed by atoms with van der Waals surface area (Å²) in [6, 6.07) is 8.85. The Kier molecular flexibility index (Phi) is 4.35. The number of hydrogen-bond acceptors (Lipinski definition) is 2. The lowest BCUT2D eigenvalue weighted by Gasteiger charge is -2.12. The summed E-state index contributed by atoms with van der Waals surface area (Å²) in [7, 11) is 0. The van der Waals surface area contributed by atoms with Gasteiger partial charge in [0.05, 0.1) is 5.69 Å². The molecule has 0 aliphatic heterocycles. The number of halogens is 2. The predicted octanol–water partition coefficient (Wildman–Crippen LogP) is 4.55. The molecule has 0 bridgehead atoms. The Bertz CT molecular complexity index is 686. The smallest absolute Gasteiger partial charge is 0.256 e. The van der Waals surface area contributed by atoms with Gasteiger partial charge in [-0.05, 0) is 65.2 Å². The van der Waals surface area contributed by atoms with Gasteiger partial charge >= 0.3 is 0 Å². The molecule has 5 heteroatoms. The van der Waals surface area contributed by atoms with E-state index in [1.165, 1.54) is 0 Å². The third kappa shape index (κ3) is 2.97. The lowest BCUT2D eigenvalue weighted by Crippen LogP contribution is -2.14. The molecule has 0 fully saturated rings. The maximum Gasteiger partial charge on any atom is 0.256 e. The minimum absolute atomic E-state index is 0.214. The summed E-state index contributed by atoms with van der Waals surface area (Å²) in [6.07, 6.45) is 0. The first-order valence-corrected chi connectivity index (χ1v) is 7.19. The largest absolute Gasteiger partial charge is 0.398 e. The predicted molar refractivity (Wildman–Crippen MR) is 87.4 cm³/mol. The summed E-state index contributed by atoms with van der Waals surface area (Å²) in [6.45, 7) is 3.72. The molecule has 3 nitrogen and oxygen atoms in total. The minimum Gasteiger partial charge on any atom is -0.398 e. The van der Waals surface area contributed by atoms with E-state index in [0.29, 0.717) is 22.0 Å². The zero-order valence-corrected chi connectivity index (χ0v) is 13.5. The van der Waals surface area contributed by atoms with Gasteiger partial charge in [0.15, 0.2) is 0 Å². The van der Waals surface area contributed by atoms with Crippen molar-refractivity contribution in [2.75, 3.05) is 11.1 Å². The summed E-state index contributed by atoms with van der Waals surface area (Å²) < 4.78 is 0.789. The molecular weight excluding hydrogens is 340 g/mol. The van der Waals surface area contributed by atoms with E-state index in [1.807, 2.05) is 19.9 Å². The van der Waals surface area contributed by atoms with Gasteiger partial charge in [0.1, 0.15) is 0 Å². The number of amides is 1. The second kappa shape index (κ2) is 5.85. The van der Waals surface area contributed by atoms with Crippen molar-refractivity contribution in [3.05, 3.63) is 56.5 Å². The molecule has 0 aliphatic carbocycles. The first-order valence-electron chi connectivity index (χ1n) is 6.02. The topological polar surface area (TPSA) is 55.1 Å². The second-order valence-electron chi connectivity index (χ2n) is 4.56. The van der Waals surface area contributed by atoms with Gasteiger partial charge in [-0.2, -0.15) is 0 Å². The van der Waals surface area contributed by atoms with E-state index in [2.05, 4.69) is 21.2 Å². The lowest BCUT2D eigenvalue weighted by molar-refractivity contribution is 0.102. The molecule has 0 aromatic heterocycles. The van der Waals surface area contributed by atoms with Crippen LogP contribution in [-0.4, -0.2) is 5.91 Å². The Morgan fingerprint density at radius 3 is 2.70 bits per heavy atom. The second-order valence-corrected chi connectivity index (χ2v) is 5.82. The van der Waals surface area contributed by atoms with E-state index in [4.69, 9.17) is 17.3 Å². The van der Waals surface area contributed by atoms with Crippen LogP contribution in [0.4, 0.5) is 11.4 Å². The lowest BCUT2D eigenvalue weighted by atomic mass is 10.1. The zero-order valence-electron chi connectivity index (χ0n) is 11.1. The van der Waals surface area contributed by atoms with Crippen molar-refractivity contribution in [1.29, 1.82) is 0 Å². The number of anilines is 2. The average Bonchev–Trinajstić information content (AvgIpc) is 2.39. The Morgan fingerprint density at radius 1 is 1.30 bits per heavy atom. The van der Waals surface area contributed by atoms with Crippen LogP contribution in [0, 0.1) is 13.8 Å². The zero-order chi connectivity index (χ0) is 14.9. The van der Waals surface area contributed by atoms with Gasteiger partial charge in [0.2, 0.25) is 0 Å². The van der Waals surface area contributed by atoms with Crippen LogP contribution in [0.1, 0.15) is 21.5 Å². The van der Waals surface area contributed by atoms with Crippen LogP contribution in [0.3, 0.4) is 0 Å². The van der Waals surface area contributed by atoms with Crippen LogP contribution in [0.2, 0.25) is 5.02 Å². The van der Waals surface area contributed by atoms with Gasteiger partial charge in [0.25, 0.3) is 5.91 Å². The van der Waals surface area contributed by atoms with E-state index >= 15 is 0 Å². The SMILES string of the molecule is Cc1cc(Br)c(NC(=O)c2cccc(Cl)c2C)cc1N. The number of nitrogens with one attached hydrogen (secondary N) is 1. The standard InChI is InChI=1S/C15H14BrClN2O/c1-8-6-11(16)14(7-13(8)18)19-15(20)10-4-3-5-12(17)9(10)2/h3-7H,18H2,1-2H3,(H,19,20). The van der Waals surface area contributed by atoms with E-state index in [0.717, 1.165) is 15.6 Å². The molecule has 20 heavy (non-hydrogen) atoms. The highest BCUT2D eigenvalue weighted by Crippen LogP contribution is 2.28. The maximum atomic E-state index is 12.3. The molecule has 0 saturated carbocycles. The van der Waals surface area contributed by atoms with Crippen LogP contribution in [-0.2, 0) is 0 Å². The molecule has 104 valence electrons. The number of carbonyl (C=O) groups is 1. The molecule has 0 atom stereocenters. The molecule has 3 N–H and O–H groups in total.